The van der Waals surface area contributed by atoms with E-state index in [1.165, 1.54) is 6.08 Å². The van der Waals surface area contributed by atoms with Crippen molar-refractivity contribution in [3.8, 4) is 5.75 Å². The first kappa shape index (κ1) is 18.3. The van der Waals surface area contributed by atoms with Crippen molar-refractivity contribution in [3.63, 3.8) is 0 Å². The maximum atomic E-state index is 13.0. The van der Waals surface area contributed by atoms with Gasteiger partial charge in [-0.05, 0) is 58.5 Å². The van der Waals surface area contributed by atoms with Crippen molar-refractivity contribution in [3.05, 3.63) is 63.7 Å². The molecular formula is C20H18Br2O3. The molecule has 1 aromatic carbocycles. The topological polar surface area (TPSA) is 54.4 Å². The van der Waals surface area contributed by atoms with Gasteiger partial charge in [-0.15, -0.1) is 0 Å². The number of aryl methyl sites for hydroxylation is 2. The van der Waals surface area contributed by atoms with E-state index >= 15 is 0 Å². The molecule has 25 heavy (non-hydrogen) atoms. The molecule has 1 N–H and O–H groups in total. The summed E-state index contributed by atoms with van der Waals surface area (Å²) >= 11 is 6.89. The van der Waals surface area contributed by atoms with Crippen molar-refractivity contribution in [2.75, 3.05) is 0 Å². The normalized spacial score (nSPS) is 29.0. The predicted molar refractivity (Wildman–Crippen MR) is 105 cm³/mol. The van der Waals surface area contributed by atoms with Gasteiger partial charge in [-0.3, -0.25) is 9.59 Å². The maximum absolute atomic E-state index is 13.0. The molecule has 0 fully saturated rings. The highest BCUT2D eigenvalue weighted by molar-refractivity contribution is 9.12. The van der Waals surface area contributed by atoms with Gasteiger partial charge < -0.3 is 5.11 Å². The van der Waals surface area contributed by atoms with Crippen LogP contribution in [0, 0.1) is 19.8 Å². The average molecular weight is 466 g/mol. The summed E-state index contributed by atoms with van der Waals surface area (Å²) < 4.78 is -0.722. The molecule has 3 atom stereocenters. The summed E-state index contributed by atoms with van der Waals surface area (Å²) in [6.07, 6.45) is 5.57. The SMILES string of the molecule is C=CC1=CC[C@H]2C(=O)C(Br)=CC(=O)[C@@]2(Br)[C@H]1c1cc(C)c(O)c(C)c1. The predicted octanol–water partition coefficient (Wildman–Crippen LogP) is 4.79. The number of ketones is 2. The van der Waals surface area contributed by atoms with E-state index in [0.717, 1.165) is 22.3 Å². The van der Waals surface area contributed by atoms with Gasteiger partial charge in [-0.1, -0.05) is 46.8 Å². The number of fused-ring (bicyclic) bond motifs is 1. The zero-order chi connectivity index (χ0) is 18.5. The number of phenols is 1. The number of halogens is 2. The van der Waals surface area contributed by atoms with Crippen LogP contribution in [0.1, 0.15) is 29.0 Å². The number of hydrogen-bond donors (Lipinski definition) is 1. The molecule has 0 saturated carbocycles. The first-order valence-corrected chi connectivity index (χ1v) is 9.57. The zero-order valence-electron chi connectivity index (χ0n) is 14.0. The van der Waals surface area contributed by atoms with E-state index < -0.39 is 10.2 Å². The van der Waals surface area contributed by atoms with E-state index in [-0.39, 0.29) is 23.2 Å². The van der Waals surface area contributed by atoms with Gasteiger partial charge in [0.15, 0.2) is 11.6 Å². The lowest BCUT2D eigenvalue weighted by atomic mass is 9.64. The number of carbonyl (C=O) groups excluding carboxylic acids is 2. The van der Waals surface area contributed by atoms with E-state index in [4.69, 9.17) is 0 Å². The minimum Gasteiger partial charge on any atom is -0.507 e. The highest BCUT2D eigenvalue weighted by atomic mass is 79.9. The van der Waals surface area contributed by atoms with Crippen LogP contribution in [0.25, 0.3) is 0 Å². The van der Waals surface area contributed by atoms with Gasteiger partial charge in [0.25, 0.3) is 0 Å². The van der Waals surface area contributed by atoms with Crippen molar-refractivity contribution in [1.82, 2.24) is 0 Å². The maximum Gasteiger partial charge on any atom is 0.175 e. The Hall–Kier alpha value is -1.46. The molecule has 0 unspecified atom stereocenters. The number of phenolic OH excluding ortho intramolecular Hbond substituents is 1. The molecule has 0 spiro atoms. The van der Waals surface area contributed by atoms with E-state index in [2.05, 4.69) is 38.4 Å². The molecule has 0 radical (unpaired) electrons. The third-order valence-electron chi connectivity index (χ3n) is 5.12. The minimum absolute atomic E-state index is 0.0759. The molecule has 0 aliphatic heterocycles. The lowest BCUT2D eigenvalue weighted by Crippen LogP contribution is -2.52. The van der Waals surface area contributed by atoms with Gasteiger partial charge in [-0.25, -0.2) is 0 Å². The summed E-state index contributed by atoms with van der Waals surface area (Å²) in [6.45, 7) is 7.55. The molecule has 0 amide bonds. The second kappa shape index (κ2) is 6.36. The summed E-state index contributed by atoms with van der Waals surface area (Å²) in [5.41, 5.74) is 3.27. The molecule has 3 rings (SSSR count). The molecule has 130 valence electrons. The average Bonchev–Trinajstić information content (AvgIpc) is 2.56. The van der Waals surface area contributed by atoms with Crippen molar-refractivity contribution in [2.45, 2.75) is 30.5 Å². The molecule has 0 bridgehead atoms. The third kappa shape index (κ3) is 2.68. The van der Waals surface area contributed by atoms with Gasteiger partial charge in [0.2, 0.25) is 0 Å². The Morgan fingerprint density at radius 1 is 1.28 bits per heavy atom. The second-order valence-electron chi connectivity index (χ2n) is 6.62. The van der Waals surface area contributed by atoms with Crippen molar-refractivity contribution >= 4 is 43.4 Å². The molecule has 5 heteroatoms. The summed E-state index contributed by atoms with van der Waals surface area (Å²) in [5.74, 6) is -0.798. The summed E-state index contributed by atoms with van der Waals surface area (Å²) in [5, 5.41) is 10.1. The Labute approximate surface area is 163 Å². The Morgan fingerprint density at radius 2 is 1.88 bits per heavy atom. The molecule has 2 aliphatic rings. The van der Waals surface area contributed by atoms with E-state index in [1.54, 1.807) is 6.08 Å². The largest absolute Gasteiger partial charge is 0.507 e. The third-order valence-corrected chi connectivity index (χ3v) is 7.14. The number of hydrogen-bond acceptors (Lipinski definition) is 3. The fraction of sp³-hybridized carbons (Fsp3) is 0.300. The fourth-order valence-electron chi connectivity index (χ4n) is 3.85. The van der Waals surface area contributed by atoms with E-state index in [9.17, 15) is 14.7 Å². The van der Waals surface area contributed by atoms with Crippen LogP contribution in [0.15, 0.2) is 47.0 Å². The molecule has 0 aromatic heterocycles. The number of aromatic hydroxyl groups is 1. The molecule has 0 saturated heterocycles. The monoisotopic (exact) mass is 464 g/mol. The Bertz CT molecular complexity index is 843. The Kier molecular flexibility index (Phi) is 4.67. The van der Waals surface area contributed by atoms with Crippen molar-refractivity contribution in [2.24, 2.45) is 5.92 Å². The van der Waals surface area contributed by atoms with Gasteiger partial charge in [0, 0.05) is 12.0 Å². The quantitative estimate of drug-likeness (QED) is 0.639. The molecular weight excluding hydrogens is 448 g/mol. The van der Waals surface area contributed by atoms with Crippen molar-refractivity contribution in [1.29, 1.82) is 0 Å². The summed E-state index contributed by atoms with van der Waals surface area (Å²) in [6, 6.07) is 3.75. The van der Waals surface area contributed by atoms with Crippen LogP contribution in [0.4, 0.5) is 0 Å². The molecule has 0 heterocycles. The first-order valence-electron chi connectivity index (χ1n) is 7.99. The number of alkyl halides is 1. The van der Waals surface area contributed by atoms with Gasteiger partial charge >= 0.3 is 0 Å². The fourth-order valence-corrected chi connectivity index (χ4v) is 5.38. The first-order chi connectivity index (χ1) is 11.7. The second-order valence-corrected chi connectivity index (χ2v) is 8.79. The Balaban J connectivity index is 2.26. The van der Waals surface area contributed by atoms with Crippen LogP contribution >= 0.6 is 31.9 Å². The molecule has 2 aliphatic carbocycles. The number of allylic oxidation sites excluding steroid dienone is 5. The Morgan fingerprint density at radius 3 is 2.44 bits per heavy atom. The van der Waals surface area contributed by atoms with Crippen LogP contribution in [0.2, 0.25) is 0 Å². The zero-order valence-corrected chi connectivity index (χ0v) is 17.1. The van der Waals surface area contributed by atoms with Crippen molar-refractivity contribution < 1.29 is 14.7 Å². The standard InChI is InChI=1S/C20H18Br2O3/c1-4-12-5-6-14-19(25)15(21)9-16(23)20(14,22)17(12)13-7-10(2)18(24)11(3)8-13/h4-5,7-9,14,17,24H,1,6H2,2-3H3/t14-,17+,20+/m0/s1. The van der Waals surface area contributed by atoms with Crippen LogP contribution < -0.4 is 0 Å². The highest BCUT2D eigenvalue weighted by Crippen LogP contribution is 2.54. The van der Waals surface area contributed by atoms with E-state index in [0.29, 0.717) is 10.9 Å². The smallest absolute Gasteiger partial charge is 0.175 e. The number of rotatable bonds is 2. The number of benzene rings is 1. The number of carbonyl (C=O) groups is 2. The van der Waals surface area contributed by atoms with Crippen LogP contribution in [-0.2, 0) is 9.59 Å². The lowest BCUT2D eigenvalue weighted by molar-refractivity contribution is -0.127. The van der Waals surface area contributed by atoms with Gasteiger partial charge in [-0.2, -0.15) is 0 Å². The molecule has 3 nitrogen and oxygen atoms in total. The van der Waals surface area contributed by atoms with E-state index in [1.807, 2.05) is 32.1 Å². The summed E-state index contributed by atoms with van der Waals surface area (Å²) in [7, 11) is 0. The van der Waals surface area contributed by atoms with Crippen LogP contribution in [0.5, 0.6) is 5.75 Å². The number of Topliss-reactive ketones (excluding diaryl/α,β-unsaturated/α-hetero) is 1. The van der Waals surface area contributed by atoms with Crippen LogP contribution in [0.3, 0.4) is 0 Å². The minimum atomic E-state index is -1.05. The van der Waals surface area contributed by atoms with Gasteiger partial charge in [0.05, 0.1) is 10.4 Å². The molecule has 1 aromatic rings. The summed E-state index contributed by atoms with van der Waals surface area (Å²) in [4.78, 5) is 25.6. The van der Waals surface area contributed by atoms with Gasteiger partial charge in [0.1, 0.15) is 10.1 Å². The highest BCUT2D eigenvalue weighted by Gasteiger charge is 2.56. The lowest BCUT2D eigenvalue weighted by Gasteiger charge is -2.45. The van der Waals surface area contributed by atoms with Crippen LogP contribution in [-0.4, -0.2) is 21.0 Å².